The van der Waals surface area contributed by atoms with Gasteiger partial charge in [0, 0.05) is 12.5 Å². The van der Waals surface area contributed by atoms with Crippen LogP contribution in [0.25, 0.3) is 11.0 Å². The van der Waals surface area contributed by atoms with Crippen LogP contribution in [0, 0.1) is 5.41 Å². The summed E-state index contributed by atoms with van der Waals surface area (Å²) in [6.45, 7) is 2.14. The van der Waals surface area contributed by atoms with Gasteiger partial charge in [0.15, 0.2) is 0 Å². The fourth-order valence-corrected chi connectivity index (χ4v) is 3.32. The summed E-state index contributed by atoms with van der Waals surface area (Å²) >= 11 is 0. The topological polar surface area (TPSA) is 34.9 Å². The third-order valence-electron chi connectivity index (χ3n) is 4.83. The summed E-state index contributed by atoms with van der Waals surface area (Å²) in [5.41, 5.74) is 1.95. The minimum atomic E-state index is -0.129. The Morgan fingerprint density at radius 1 is 1.25 bits per heavy atom. The van der Waals surface area contributed by atoms with Gasteiger partial charge in [0.05, 0.1) is 17.5 Å². The number of rotatable bonds is 3. The summed E-state index contributed by atoms with van der Waals surface area (Å²) in [5, 5.41) is 0. The molecule has 1 heterocycles. The standard InChI is InChI=1S/C17H22N2O/c1-17(10-6-3-7-11-17)15(20)12-16-18-13-8-4-5-9-14(13)19(16)2/h4-5,8-9H,3,6-7,10-12H2,1-2H3. The number of hydrogen-bond donors (Lipinski definition) is 0. The molecule has 1 saturated carbocycles. The normalized spacial score (nSPS) is 18.3. The van der Waals surface area contributed by atoms with Crippen LogP contribution in [0.3, 0.4) is 0 Å². The molecule has 0 aliphatic heterocycles. The molecule has 106 valence electrons. The molecule has 1 aromatic carbocycles. The maximum absolute atomic E-state index is 12.7. The van der Waals surface area contributed by atoms with Gasteiger partial charge in [0.25, 0.3) is 0 Å². The highest BCUT2D eigenvalue weighted by Gasteiger charge is 2.34. The highest BCUT2D eigenvalue weighted by Crippen LogP contribution is 2.37. The number of para-hydroxylation sites is 2. The number of carbonyl (C=O) groups excluding carboxylic acids is 1. The second-order valence-electron chi connectivity index (χ2n) is 6.30. The van der Waals surface area contributed by atoms with Crippen LogP contribution in [-0.2, 0) is 18.3 Å². The lowest BCUT2D eigenvalue weighted by Gasteiger charge is -2.31. The molecule has 3 heteroatoms. The number of benzene rings is 1. The van der Waals surface area contributed by atoms with Crippen molar-refractivity contribution < 1.29 is 4.79 Å². The van der Waals surface area contributed by atoms with Crippen LogP contribution in [0.5, 0.6) is 0 Å². The van der Waals surface area contributed by atoms with Crippen LogP contribution in [0.4, 0.5) is 0 Å². The number of nitrogens with zero attached hydrogens (tertiary/aromatic N) is 2. The summed E-state index contributed by atoms with van der Waals surface area (Å²) in [4.78, 5) is 17.3. The van der Waals surface area contributed by atoms with E-state index >= 15 is 0 Å². The van der Waals surface area contributed by atoms with E-state index in [9.17, 15) is 4.79 Å². The molecular weight excluding hydrogens is 248 g/mol. The summed E-state index contributed by atoms with van der Waals surface area (Å²) in [7, 11) is 2.00. The molecule has 0 atom stereocenters. The van der Waals surface area contributed by atoms with Gasteiger partial charge in [0.1, 0.15) is 11.6 Å². The van der Waals surface area contributed by atoms with E-state index in [4.69, 9.17) is 0 Å². The zero-order valence-electron chi connectivity index (χ0n) is 12.4. The minimum Gasteiger partial charge on any atom is -0.331 e. The van der Waals surface area contributed by atoms with E-state index in [-0.39, 0.29) is 5.41 Å². The molecule has 0 radical (unpaired) electrons. The first-order chi connectivity index (χ1) is 9.60. The number of Topliss-reactive ketones (excluding diaryl/α,β-unsaturated/α-hetero) is 1. The lowest BCUT2D eigenvalue weighted by molar-refractivity contribution is -0.129. The predicted octanol–water partition coefficient (Wildman–Crippen LogP) is 3.66. The van der Waals surface area contributed by atoms with E-state index in [1.165, 1.54) is 19.3 Å². The number of hydrogen-bond acceptors (Lipinski definition) is 2. The summed E-state index contributed by atoms with van der Waals surface area (Å²) in [5.74, 6) is 1.25. The third kappa shape index (κ3) is 2.26. The Bertz CT molecular complexity index is 635. The average Bonchev–Trinajstić information content (AvgIpc) is 2.77. The van der Waals surface area contributed by atoms with Gasteiger partial charge in [-0.2, -0.15) is 0 Å². The molecule has 0 unspecified atom stereocenters. The van der Waals surface area contributed by atoms with Crippen LogP contribution in [0.1, 0.15) is 44.9 Å². The fourth-order valence-electron chi connectivity index (χ4n) is 3.32. The fraction of sp³-hybridized carbons (Fsp3) is 0.529. The molecule has 0 bridgehead atoms. The smallest absolute Gasteiger partial charge is 0.146 e. The first kappa shape index (κ1) is 13.3. The first-order valence-corrected chi connectivity index (χ1v) is 7.54. The number of imidazole rings is 1. The monoisotopic (exact) mass is 270 g/mol. The zero-order chi connectivity index (χ0) is 14.2. The van der Waals surface area contributed by atoms with E-state index < -0.39 is 0 Å². The number of carbonyl (C=O) groups is 1. The zero-order valence-corrected chi connectivity index (χ0v) is 12.4. The average molecular weight is 270 g/mol. The van der Waals surface area contributed by atoms with Crippen molar-refractivity contribution in [3.8, 4) is 0 Å². The van der Waals surface area contributed by atoms with Gasteiger partial charge in [-0.1, -0.05) is 38.3 Å². The number of fused-ring (bicyclic) bond motifs is 1. The molecule has 1 fully saturated rings. The molecule has 20 heavy (non-hydrogen) atoms. The van der Waals surface area contributed by atoms with Crippen LogP contribution in [-0.4, -0.2) is 15.3 Å². The number of aromatic nitrogens is 2. The Morgan fingerprint density at radius 2 is 1.95 bits per heavy atom. The highest BCUT2D eigenvalue weighted by atomic mass is 16.1. The largest absolute Gasteiger partial charge is 0.331 e. The van der Waals surface area contributed by atoms with Gasteiger partial charge in [-0.15, -0.1) is 0 Å². The molecule has 0 saturated heterocycles. The van der Waals surface area contributed by atoms with Crippen molar-refractivity contribution >= 4 is 16.8 Å². The van der Waals surface area contributed by atoms with Gasteiger partial charge in [-0.3, -0.25) is 4.79 Å². The molecule has 1 aromatic heterocycles. The van der Waals surface area contributed by atoms with Crippen LogP contribution >= 0.6 is 0 Å². The van der Waals surface area contributed by atoms with E-state index in [1.807, 2.05) is 25.2 Å². The van der Waals surface area contributed by atoms with Crippen molar-refractivity contribution in [2.24, 2.45) is 12.5 Å². The highest BCUT2D eigenvalue weighted by molar-refractivity contribution is 5.87. The summed E-state index contributed by atoms with van der Waals surface area (Å²) in [6, 6.07) is 8.06. The molecule has 2 aromatic rings. The maximum atomic E-state index is 12.7. The van der Waals surface area contributed by atoms with Crippen molar-refractivity contribution in [2.75, 3.05) is 0 Å². The van der Waals surface area contributed by atoms with Gasteiger partial charge in [-0.25, -0.2) is 4.98 Å². The Labute approximate surface area is 120 Å². The lowest BCUT2D eigenvalue weighted by Crippen LogP contribution is -2.32. The van der Waals surface area contributed by atoms with Crippen molar-refractivity contribution in [3.05, 3.63) is 30.1 Å². The van der Waals surface area contributed by atoms with Gasteiger partial charge in [-0.05, 0) is 25.0 Å². The number of aryl methyl sites for hydroxylation is 1. The van der Waals surface area contributed by atoms with Crippen molar-refractivity contribution in [3.63, 3.8) is 0 Å². The molecule has 0 amide bonds. The molecule has 0 N–H and O–H groups in total. The van der Waals surface area contributed by atoms with E-state index in [0.717, 1.165) is 29.7 Å². The van der Waals surface area contributed by atoms with E-state index in [2.05, 4.69) is 22.5 Å². The molecule has 1 aliphatic carbocycles. The third-order valence-corrected chi connectivity index (χ3v) is 4.83. The Morgan fingerprint density at radius 3 is 2.65 bits per heavy atom. The molecular formula is C17H22N2O. The lowest BCUT2D eigenvalue weighted by atomic mass is 9.72. The number of ketones is 1. The van der Waals surface area contributed by atoms with Gasteiger partial charge < -0.3 is 4.57 Å². The van der Waals surface area contributed by atoms with Crippen LogP contribution in [0.15, 0.2) is 24.3 Å². The first-order valence-electron chi connectivity index (χ1n) is 7.54. The molecule has 1 aliphatic rings. The predicted molar refractivity (Wildman–Crippen MR) is 80.6 cm³/mol. The van der Waals surface area contributed by atoms with Crippen molar-refractivity contribution in [2.45, 2.75) is 45.4 Å². The van der Waals surface area contributed by atoms with Gasteiger partial charge >= 0.3 is 0 Å². The Kier molecular flexibility index (Phi) is 3.36. The van der Waals surface area contributed by atoms with E-state index in [0.29, 0.717) is 12.2 Å². The molecule has 3 rings (SSSR count). The molecule has 3 nitrogen and oxygen atoms in total. The Hall–Kier alpha value is -1.64. The van der Waals surface area contributed by atoms with Crippen LogP contribution < -0.4 is 0 Å². The van der Waals surface area contributed by atoms with Crippen LogP contribution in [0.2, 0.25) is 0 Å². The SMILES string of the molecule is Cn1c(CC(=O)C2(C)CCCCC2)nc2ccccc21. The summed E-state index contributed by atoms with van der Waals surface area (Å²) < 4.78 is 2.05. The second-order valence-corrected chi connectivity index (χ2v) is 6.30. The maximum Gasteiger partial charge on any atom is 0.146 e. The van der Waals surface area contributed by atoms with Gasteiger partial charge in [0.2, 0.25) is 0 Å². The second kappa shape index (κ2) is 5.04. The molecule has 0 spiro atoms. The Balaban J connectivity index is 1.85. The van der Waals surface area contributed by atoms with Crippen molar-refractivity contribution in [1.29, 1.82) is 0 Å². The summed E-state index contributed by atoms with van der Waals surface area (Å²) in [6.07, 6.45) is 6.18. The quantitative estimate of drug-likeness (QED) is 0.853. The minimum absolute atomic E-state index is 0.129. The van der Waals surface area contributed by atoms with Crippen molar-refractivity contribution in [1.82, 2.24) is 9.55 Å². The van der Waals surface area contributed by atoms with E-state index in [1.54, 1.807) is 0 Å².